The fourth-order valence-corrected chi connectivity index (χ4v) is 1.98. The van der Waals surface area contributed by atoms with Crippen molar-refractivity contribution in [3.8, 4) is 5.88 Å². The van der Waals surface area contributed by atoms with Crippen LogP contribution in [0.2, 0.25) is 0 Å². The number of rotatable bonds is 3. The summed E-state index contributed by atoms with van der Waals surface area (Å²) in [6, 6.07) is 3.67. The van der Waals surface area contributed by atoms with Crippen molar-refractivity contribution in [3.05, 3.63) is 29.5 Å². The molecule has 5 heteroatoms. The zero-order valence-electron chi connectivity index (χ0n) is 11.6. The molecule has 1 aromatic rings. The normalized spacial score (nSPS) is 18.3. The molecule has 1 unspecified atom stereocenters. The van der Waals surface area contributed by atoms with Crippen LogP contribution in [0.15, 0.2) is 23.8 Å². The number of amides is 1. The summed E-state index contributed by atoms with van der Waals surface area (Å²) in [6.45, 7) is 7.06. The van der Waals surface area contributed by atoms with Crippen molar-refractivity contribution in [3.63, 3.8) is 0 Å². The van der Waals surface area contributed by atoms with Gasteiger partial charge in [-0.25, -0.2) is 0 Å². The highest BCUT2D eigenvalue weighted by Gasteiger charge is 2.26. The SMILES string of the molecule is CC(C)=CC(=O)N1CCC(Oc2ccc(C)nn2)C1. The minimum absolute atomic E-state index is 0.00604. The minimum atomic E-state index is 0.00604. The smallest absolute Gasteiger partial charge is 0.246 e. The van der Waals surface area contributed by atoms with Crippen molar-refractivity contribution in [1.82, 2.24) is 15.1 Å². The summed E-state index contributed by atoms with van der Waals surface area (Å²) in [5, 5.41) is 7.92. The van der Waals surface area contributed by atoms with Crippen LogP contribution >= 0.6 is 0 Å². The molecule has 0 N–H and O–H groups in total. The number of nitrogens with zero attached hydrogens (tertiary/aromatic N) is 3. The lowest BCUT2D eigenvalue weighted by atomic mass is 10.3. The van der Waals surface area contributed by atoms with Crippen LogP contribution in [-0.4, -0.2) is 40.2 Å². The summed E-state index contributed by atoms with van der Waals surface area (Å²) >= 11 is 0. The second-order valence-corrected chi connectivity index (χ2v) is 5.05. The van der Waals surface area contributed by atoms with Gasteiger partial charge >= 0.3 is 0 Å². The Morgan fingerprint density at radius 2 is 2.21 bits per heavy atom. The average molecular weight is 261 g/mol. The zero-order valence-corrected chi connectivity index (χ0v) is 11.6. The first-order chi connectivity index (χ1) is 9.04. The van der Waals surface area contributed by atoms with Crippen LogP contribution in [-0.2, 0) is 4.79 Å². The third-order valence-electron chi connectivity index (χ3n) is 2.93. The quantitative estimate of drug-likeness (QED) is 0.778. The molecule has 0 saturated carbocycles. The van der Waals surface area contributed by atoms with Gasteiger partial charge in [0.05, 0.1) is 12.2 Å². The Hall–Kier alpha value is -1.91. The van der Waals surface area contributed by atoms with Crippen molar-refractivity contribution in [2.75, 3.05) is 13.1 Å². The van der Waals surface area contributed by atoms with Gasteiger partial charge in [0.25, 0.3) is 0 Å². The number of aromatic nitrogens is 2. The molecular weight excluding hydrogens is 242 g/mol. The summed E-state index contributed by atoms with van der Waals surface area (Å²) in [4.78, 5) is 13.7. The Labute approximate surface area is 113 Å². The van der Waals surface area contributed by atoms with Crippen LogP contribution < -0.4 is 4.74 Å². The number of ether oxygens (including phenoxy) is 1. The molecule has 1 saturated heterocycles. The fraction of sp³-hybridized carbons (Fsp3) is 0.500. The van der Waals surface area contributed by atoms with Gasteiger partial charge in [-0.3, -0.25) is 4.79 Å². The van der Waals surface area contributed by atoms with Gasteiger partial charge in [-0.1, -0.05) is 5.57 Å². The largest absolute Gasteiger partial charge is 0.471 e. The van der Waals surface area contributed by atoms with Crippen molar-refractivity contribution in [2.45, 2.75) is 33.3 Å². The van der Waals surface area contributed by atoms with E-state index in [1.54, 1.807) is 11.0 Å². The topological polar surface area (TPSA) is 55.3 Å². The molecule has 0 spiro atoms. The summed E-state index contributed by atoms with van der Waals surface area (Å²) in [5.41, 5.74) is 1.87. The first-order valence-corrected chi connectivity index (χ1v) is 6.45. The summed E-state index contributed by atoms with van der Waals surface area (Å²) in [6.07, 6.45) is 2.50. The van der Waals surface area contributed by atoms with Gasteiger partial charge in [0.15, 0.2) is 0 Å². The Balaban J connectivity index is 1.90. The maximum atomic E-state index is 11.9. The van der Waals surface area contributed by atoms with Crippen LogP contribution in [0.3, 0.4) is 0 Å². The molecule has 1 aliphatic heterocycles. The number of aryl methyl sites for hydroxylation is 1. The summed E-state index contributed by atoms with van der Waals surface area (Å²) in [5.74, 6) is 0.577. The second kappa shape index (κ2) is 5.82. The van der Waals surface area contributed by atoms with Crippen LogP contribution in [0, 0.1) is 6.92 Å². The second-order valence-electron chi connectivity index (χ2n) is 5.05. The molecule has 5 nitrogen and oxygen atoms in total. The van der Waals surface area contributed by atoms with E-state index in [0.29, 0.717) is 12.4 Å². The Bertz CT molecular complexity index is 478. The number of allylic oxidation sites excluding steroid dienone is 1. The van der Waals surface area contributed by atoms with Gasteiger partial charge in [0.1, 0.15) is 6.10 Å². The van der Waals surface area contributed by atoms with Crippen LogP contribution in [0.4, 0.5) is 0 Å². The molecular formula is C14H19N3O2. The van der Waals surface area contributed by atoms with Gasteiger partial charge in [0.2, 0.25) is 11.8 Å². The van der Waals surface area contributed by atoms with Gasteiger partial charge < -0.3 is 9.64 Å². The maximum Gasteiger partial charge on any atom is 0.246 e. The first kappa shape index (κ1) is 13.5. The molecule has 1 amide bonds. The number of hydrogen-bond acceptors (Lipinski definition) is 4. The Morgan fingerprint density at radius 3 is 2.84 bits per heavy atom. The van der Waals surface area contributed by atoms with Gasteiger partial charge in [-0.15, -0.1) is 5.10 Å². The van der Waals surface area contributed by atoms with Crippen LogP contribution in [0.1, 0.15) is 26.0 Å². The third-order valence-corrected chi connectivity index (χ3v) is 2.93. The highest BCUT2D eigenvalue weighted by Crippen LogP contribution is 2.16. The molecule has 0 radical (unpaired) electrons. The molecule has 1 aliphatic rings. The van der Waals surface area contributed by atoms with E-state index in [2.05, 4.69) is 10.2 Å². The van der Waals surface area contributed by atoms with E-state index in [1.807, 2.05) is 32.9 Å². The zero-order chi connectivity index (χ0) is 13.8. The van der Waals surface area contributed by atoms with E-state index in [9.17, 15) is 4.79 Å². The lowest BCUT2D eigenvalue weighted by Crippen LogP contribution is -2.29. The van der Waals surface area contributed by atoms with Gasteiger partial charge in [-0.05, 0) is 26.8 Å². The Kier molecular flexibility index (Phi) is 4.14. The molecule has 0 bridgehead atoms. The van der Waals surface area contributed by atoms with E-state index in [0.717, 1.165) is 24.2 Å². The molecule has 19 heavy (non-hydrogen) atoms. The predicted molar refractivity (Wildman–Crippen MR) is 71.8 cm³/mol. The van der Waals surface area contributed by atoms with Crippen LogP contribution in [0.25, 0.3) is 0 Å². The summed E-state index contributed by atoms with van der Waals surface area (Å²) in [7, 11) is 0. The lowest BCUT2D eigenvalue weighted by molar-refractivity contribution is -0.125. The Morgan fingerprint density at radius 1 is 1.42 bits per heavy atom. The monoisotopic (exact) mass is 261 g/mol. The van der Waals surface area contributed by atoms with Gasteiger partial charge in [0, 0.05) is 25.1 Å². The summed E-state index contributed by atoms with van der Waals surface area (Å²) < 4.78 is 5.73. The molecule has 0 aliphatic carbocycles. The highest BCUT2D eigenvalue weighted by molar-refractivity contribution is 5.88. The predicted octanol–water partition coefficient (Wildman–Crippen LogP) is 1.73. The highest BCUT2D eigenvalue weighted by atomic mass is 16.5. The minimum Gasteiger partial charge on any atom is -0.471 e. The molecule has 2 rings (SSSR count). The number of carbonyl (C=O) groups is 1. The first-order valence-electron chi connectivity index (χ1n) is 6.45. The van der Waals surface area contributed by atoms with Crippen molar-refractivity contribution >= 4 is 5.91 Å². The van der Waals surface area contributed by atoms with E-state index in [4.69, 9.17) is 4.74 Å². The molecule has 0 aromatic carbocycles. The van der Waals surface area contributed by atoms with E-state index < -0.39 is 0 Å². The van der Waals surface area contributed by atoms with E-state index >= 15 is 0 Å². The van der Waals surface area contributed by atoms with Crippen LogP contribution in [0.5, 0.6) is 5.88 Å². The van der Waals surface area contributed by atoms with E-state index in [-0.39, 0.29) is 12.0 Å². The number of likely N-dealkylation sites (tertiary alicyclic amines) is 1. The standard InChI is InChI=1S/C14H19N3O2/c1-10(2)8-14(18)17-7-6-12(9-17)19-13-5-4-11(3)15-16-13/h4-5,8,12H,6-7,9H2,1-3H3. The average Bonchev–Trinajstić information content (AvgIpc) is 2.80. The molecule has 102 valence electrons. The molecule has 2 heterocycles. The van der Waals surface area contributed by atoms with E-state index in [1.165, 1.54) is 0 Å². The third kappa shape index (κ3) is 3.77. The van der Waals surface area contributed by atoms with Crippen molar-refractivity contribution < 1.29 is 9.53 Å². The maximum absolute atomic E-state index is 11.9. The fourth-order valence-electron chi connectivity index (χ4n) is 1.98. The van der Waals surface area contributed by atoms with Crippen molar-refractivity contribution in [1.29, 1.82) is 0 Å². The molecule has 1 atom stereocenters. The number of carbonyl (C=O) groups excluding carboxylic acids is 1. The van der Waals surface area contributed by atoms with Crippen molar-refractivity contribution in [2.24, 2.45) is 0 Å². The lowest BCUT2D eigenvalue weighted by Gasteiger charge is -2.15. The molecule has 1 aromatic heterocycles. The van der Waals surface area contributed by atoms with Gasteiger partial charge in [-0.2, -0.15) is 5.10 Å². The molecule has 1 fully saturated rings. The number of hydrogen-bond donors (Lipinski definition) is 0.